The quantitative estimate of drug-likeness (QED) is 0.558. The lowest BCUT2D eigenvalue weighted by Crippen LogP contribution is -2.15. The zero-order chi connectivity index (χ0) is 21.3. The van der Waals surface area contributed by atoms with E-state index in [4.69, 9.17) is 4.74 Å². The third kappa shape index (κ3) is 4.16. The van der Waals surface area contributed by atoms with Crippen LogP contribution >= 0.6 is 12.4 Å². The lowest BCUT2D eigenvalue weighted by Gasteiger charge is -2.14. The Bertz CT molecular complexity index is 1160. The van der Waals surface area contributed by atoms with Gasteiger partial charge < -0.3 is 10.1 Å². The van der Waals surface area contributed by atoms with Crippen LogP contribution in [0.25, 0.3) is 11.3 Å². The second kappa shape index (κ2) is 9.07. The summed E-state index contributed by atoms with van der Waals surface area (Å²) in [5.41, 5.74) is -0.990. The largest absolute Gasteiger partial charge is 0.494 e. The van der Waals surface area contributed by atoms with Gasteiger partial charge in [-0.25, -0.2) is 30.0 Å². The average Bonchev–Trinajstić information content (AvgIpc) is 3.00. The van der Waals surface area contributed by atoms with E-state index < -0.39 is 49.4 Å². The highest BCUT2D eigenvalue weighted by Gasteiger charge is 2.30. The summed E-state index contributed by atoms with van der Waals surface area (Å²) in [5.74, 6) is -4.72. The number of benzene rings is 2. The minimum absolute atomic E-state index is 0. The second-order valence-corrected chi connectivity index (χ2v) is 7.88. The number of hydrogen-bond acceptors (Lipinski definition) is 4. The maximum Gasteiger partial charge on any atom is 0.268 e. The monoisotopic (exact) mass is 464 g/mol. The van der Waals surface area contributed by atoms with Gasteiger partial charge in [0.05, 0.1) is 17.6 Å². The Balaban J connectivity index is 0.00000320. The second-order valence-electron chi connectivity index (χ2n) is 6.07. The van der Waals surface area contributed by atoms with E-state index in [1.165, 1.54) is 13.2 Å². The van der Waals surface area contributed by atoms with Crippen molar-refractivity contribution in [1.29, 1.82) is 0 Å². The number of halogens is 5. The molecule has 0 aliphatic carbocycles. The molecule has 0 amide bonds. The van der Waals surface area contributed by atoms with Crippen LogP contribution in [0.5, 0.6) is 5.75 Å². The van der Waals surface area contributed by atoms with Crippen molar-refractivity contribution in [1.82, 2.24) is 9.29 Å². The van der Waals surface area contributed by atoms with Gasteiger partial charge in [0.1, 0.15) is 34.7 Å². The van der Waals surface area contributed by atoms with Gasteiger partial charge in [-0.2, -0.15) is 0 Å². The van der Waals surface area contributed by atoms with Crippen molar-refractivity contribution in [2.75, 3.05) is 14.2 Å². The maximum atomic E-state index is 14.5. The number of ether oxygens (including phenoxy) is 1. The molecule has 0 unspecified atom stereocenters. The Kier molecular flexibility index (Phi) is 7.17. The van der Waals surface area contributed by atoms with Crippen LogP contribution in [0.15, 0.2) is 47.5 Å². The van der Waals surface area contributed by atoms with Crippen molar-refractivity contribution in [3.8, 4) is 17.0 Å². The number of methoxy groups -OCH3 is 1. The van der Waals surface area contributed by atoms with Crippen LogP contribution in [0.4, 0.5) is 17.6 Å². The lowest BCUT2D eigenvalue weighted by molar-refractivity contribution is 0.410. The summed E-state index contributed by atoms with van der Waals surface area (Å²) in [5, 5.41) is 2.79. The molecule has 162 valence electrons. The third-order valence-corrected chi connectivity index (χ3v) is 5.82. The Morgan fingerprint density at radius 1 is 1.03 bits per heavy atom. The van der Waals surface area contributed by atoms with Gasteiger partial charge in [0.2, 0.25) is 0 Å². The highest BCUT2D eigenvalue weighted by atomic mass is 35.5. The molecule has 0 saturated heterocycles. The number of nitrogens with one attached hydrogen (secondary N) is 1. The van der Waals surface area contributed by atoms with E-state index in [0.29, 0.717) is 16.1 Å². The SMILES string of the molecule is CNCc1cn(S(=O)(=O)c2cccc(F)c2)c(-c2c(F)cc(F)cc2F)c1OC.Cl. The van der Waals surface area contributed by atoms with Crippen LogP contribution in [0, 0.1) is 23.3 Å². The van der Waals surface area contributed by atoms with Crippen molar-refractivity contribution in [3.05, 3.63) is 71.4 Å². The average molecular weight is 465 g/mol. The minimum atomic E-state index is -4.47. The molecule has 0 atom stereocenters. The van der Waals surface area contributed by atoms with Gasteiger partial charge in [-0.1, -0.05) is 6.07 Å². The Morgan fingerprint density at radius 3 is 2.20 bits per heavy atom. The molecule has 0 bridgehead atoms. The van der Waals surface area contributed by atoms with Crippen molar-refractivity contribution in [2.24, 2.45) is 0 Å². The molecular weight excluding hydrogens is 448 g/mol. The molecule has 2 aromatic carbocycles. The molecule has 0 aliphatic heterocycles. The third-order valence-electron chi connectivity index (χ3n) is 4.17. The lowest BCUT2D eigenvalue weighted by atomic mass is 10.1. The van der Waals surface area contributed by atoms with Crippen LogP contribution in [0.1, 0.15) is 5.56 Å². The van der Waals surface area contributed by atoms with Crippen LogP contribution in [0.3, 0.4) is 0 Å². The van der Waals surface area contributed by atoms with Gasteiger partial charge in [0.25, 0.3) is 10.0 Å². The fourth-order valence-corrected chi connectivity index (χ4v) is 4.40. The van der Waals surface area contributed by atoms with Gasteiger partial charge in [-0.05, 0) is 25.2 Å². The van der Waals surface area contributed by atoms with Crippen LogP contribution in [-0.2, 0) is 16.6 Å². The van der Waals surface area contributed by atoms with Gasteiger partial charge in [-0.15, -0.1) is 12.4 Å². The number of aromatic nitrogens is 1. The predicted octanol–water partition coefficient (Wildman–Crippen LogP) is 4.10. The van der Waals surface area contributed by atoms with Gasteiger partial charge in [-0.3, -0.25) is 0 Å². The topological polar surface area (TPSA) is 60.3 Å². The van der Waals surface area contributed by atoms with Crippen LogP contribution < -0.4 is 10.1 Å². The smallest absolute Gasteiger partial charge is 0.268 e. The molecule has 0 aliphatic rings. The highest BCUT2D eigenvalue weighted by Crippen LogP contribution is 2.40. The van der Waals surface area contributed by atoms with Crippen LogP contribution in [0.2, 0.25) is 0 Å². The normalized spacial score (nSPS) is 11.3. The van der Waals surface area contributed by atoms with Crippen molar-refractivity contribution in [2.45, 2.75) is 11.4 Å². The summed E-state index contributed by atoms with van der Waals surface area (Å²) < 4.78 is 88.2. The van der Waals surface area contributed by atoms with Crippen LogP contribution in [-0.4, -0.2) is 26.5 Å². The summed E-state index contributed by atoms with van der Waals surface area (Å²) >= 11 is 0. The van der Waals surface area contributed by atoms with Crippen molar-refractivity contribution in [3.63, 3.8) is 0 Å². The standard InChI is InChI=1S/C19H16F4N2O3S.ClH/c1-24-9-11-10-25(29(26,27)14-5-3-4-12(20)6-14)18(19(11)28-2)17-15(22)7-13(21)8-16(17)23;/h3-8,10,24H,9H2,1-2H3;1H. The number of hydrogen-bond donors (Lipinski definition) is 1. The van der Waals surface area contributed by atoms with Crippen molar-refractivity contribution >= 4 is 22.4 Å². The molecule has 11 heteroatoms. The zero-order valence-electron chi connectivity index (χ0n) is 15.7. The number of rotatable bonds is 6. The molecule has 0 saturated carbocycles. The van der Waals surface area contributed by atoms with E-state index in [2.05, 4.69) is 5.32 Å². The van der Waals surface area contributed by atoms with E-state index in [-0.39, 0.29) is 30.3 Å². The Hall–Kier alpha value is -2.56. The summed E-state index contributed by atoms with van der Waals surface area (Å²) in [6.45, 7) is 0.103. The summed E-state index contributed by atoms with van der Waals surface area (Å²) in [6.07, 6.45) is 1.12. The van der Waals surface area contributed by atoms with Gasteiger partial charge in [0, 0.05) is 30.4 Å². The molecule has 1 heterocycles. The predicted molar refractivity (Wildman–Crippen MR) is 105 cm³/mol. The molecule has 1 N–H and O–H groups in total. The molecule has 0 radical (unpaired) electrons. The van der Waals surface area contributed by atoms with E-state index in [1.807, 2.05) is 0 Å². The molecule has 1 aromatic heterocycles. The Morgan fingerprint density at radius 2 is 1.67 bits per heavy atom. The molecule has 3 aromatic rings. The van der Waals surface area contributed by atoms with E-state index in [1.54, 1.807) is 7.05 Å². The van der Waals surface area contributed by atoms with E-state index in [9.17, 15) is 26.0 Å². The first-order chi connectivity index (χ1) is 13.7. The summed E-state index contributed by atoms with van der Waals surface area (Å²) in [7, 11) is -1.69. The molecule has 5 nitrogen and oxygen atoms in total. The summed E-state index contributed by atoms with van der Waals surface area (Å²) in [4.78, 5) is -0.435. The fourth-order valence-electron chi connectivity index (χ4n) is 2.98. The van der Waals surface area contributed by atoms with E-state index >= 15 is 0 Å². The first-order valence-electron chi connectivity index (χ1n) is 8.29. The van der Waals surface area contributed by atoms with Gasteiger partial charge in [0.15, 0.2) is 0 Å². The number of nitrogens with zero attached hydrogens (tertiary/aromatic N) is 1. The molecule has 0 fully saturated rings. The van der Waals surface area contributed by atoms with E-state index in [0.717, 1.165) is 24.4 Å². The molecular formula is C19H17ClF4N2O3S. The molecule has 3 rings (SSSR count). The highest BCUT2D eigenvalue weighted by molar-refractivity contribution is 7.90. The molecule has 30 heavy (non-hydrogen) atoms. The van der Waals surface area contributed by atoms with Crippen molar-refractivity contribution < 1.29 is 30.7 Å². The minimum Gasteiger partial charge on any atom is -0.494 e. The first kappa shape index (κ1) is 23.7. The fraction of sp³-hybridized carbons (Fsp3) is 0.158. The maximum absolute atomic E-state index is 14.5. The molecule has 0 spiro atoms. The Labute approximate surface area is 176 Å². The van der Waals surface area contributed by atoms with Gasteiger partial charge >= 0.3 is 0 Å². The first-order valence-corrected chi connectivity index (χ1v) is 9.73. The summed E-state index contributed by atoms with van der Waals surface area (Å²) in [6, 6.07) is 5.03. The zero-order valence-corrected chi connectivity index (χ0v) is 17.4.